The van der Waals surface area contributed by atoms with Crippen molar-refractivity contribution in [2.75, 3.05) is 5.32 Å². The number of fused-ring (bicyclic) bond motifs is 1. The Hall–Kier alpha value is -3.26. The third kappa shape index (κ3) is 4.96. The monoisotopic (exact) mass is 461 g/mol. The van der Waals surface area contributed by atoms with Crippen LogP contribution in [0.3, 0.4) is 0 Å². The zero-order valence-corrected chi connectivity index (χ0v) is 17.7. The van der Waals surface area contributed by atoms with Crippen molar-refractivity contribution in [2.45, 2.75) is 32.4 Å². The molecular weight excluding hydrogens is 443 g/mol. The third-order valence-corrected chi connectivity index (χ3v) is 5.45. The van der Waals surface area contributed by atoms with E-state index in [1.807, 2.05) is 25.1 Å². The Bertz CT molecular complexity index is 1120. The first-order valence-corrected chi connectivity index (χ1v) is 10.2. The van der Waals surface area contributed by atoms with Gasteiger partial charge < -0.3 is 15.0 Å². The molecule has 0 saturated carbocycles. The Kier molecular flexibility index (Phi) is 5.97. The summed E-state index contributed by atoms with van der Waals surface area (Å²) in [5, 5.41) is 3.74. The molecule has 1 aliphatic heterocycles. The molecule has 1 amide bonds. The van der Waals surface area contributed by atoms with E-state index in [1.165, 1.54) is 24.3 Å². The second-order valence-corrected chi connectivity index (χ2v) is 7.90. The average molecular weight is 462 g/mol. The van der Waals surface area contributed by atoms with E-state index < -0.39 is 6.36 Å². The quantitative estimate of drug-likeness (QED) is 0.492. The van der Waals surface area contributed by atoms with E-state index in [9.17, 15) is 18.0 Å². The third-order valence-electron chi connectivity index (χ3n) is 5.15. The number of carbonyl (C=O) groups excluding carboxylic acids is 1. The van der Waals surface area contributed by atoms with Crippen molar-refractivity contribution < 1.29 is 22.7 Å². The van der Waals surface area contributed by atoms with Gasteiger partial charge >= 0.3 is 6.36 Å². The fraction of sp³-hybridized carbons (Fsp3) is 0.217. The van der Waals surface area contributed by atoms with Crippen LogP contribution in [0.4, 0.5) is 18.9 Å². The van der Waals surface area contributed by atoms with E-state index in [0.717, 1.165) is 16.8 Å². The summed E-state index contributed by atoms with van der Waals surface area (Å²) in [7, 11) is 0. The Balaban J connectivity index is 1.47. The Labute approximate surface area is 187 Å². The number of rotatable bonds is 6. The molecule has 0 fully saturated rings. The standard InChI is InChI=1S/C23H19ClF3N3O2/c1-14(16-6-8-28-9-7-16)29-18-10-17-13-30(22(31)21(17)20(24)11-18)12-15-2-4-19(5-3-15)32-23(25,26)27/h2-11,14,29H,12-13H2,1H3. The molecule has 32 heavy (non-hydrogen) atoms. The van der Waals surface area contributed by atoms with Crippen LogP contribution in [0.2, 0.25) is 5.02 Å². The van der Waals surface area contributed by atoms with E-state index in [2.05, 4.69) is 15.0 Å². The number of pyridine rings is 1. The summed E-state index contributed by atoms with van der Waals surface area (Å²) in [6, 6.07) is 12.9. The number of hydrogen-bond donors (Lipinski definition) is 1. The first kappa shape index (κ1) is 22.0. The first-order chi connectivity index (χ1) is 15.2. The zero-order chi connectivity index (χ0) is 22.9. The molecule has 2 heterocycles. The number of nitrogens with one attached hydrogen (secondary N) is 1. The second kappa shape index (κ2) is 8.70. The number of carbonyl (C=O) groups is 1. The predicted octanol–water partition coefficient (Wildman–Crippen LogP) is 5.96. The molecule has 9 heteroatoms. The van der Waals surface area contributed by atoms with Crippen LogP contribution in [-0.2, 0) is 13.1 Å². The van der Waals surface area contributed by atoms with Gasteiger partial charge in [-0.3, -0.25) is 9.78 Å². The Morgan fingerprint density at radius 3 is 2.50 bits per heavy atom. The molecule has 0 spiro atoms. The number of nitrogens with zero attached hydrogens (tertiary/aromatic N) is 2. The number of amides is 1. The lowest BCUT2D eigenvalue weighted by Crippen LogP contribution is -2.23. The fourth-order valence-corrected chi connectivity index (χ4v) is 4.00. The number of aromatic nitrogens is 1. The zero-order valence-electron chi connectivity index (χ0n) is 17.0. The summed E-state index contributed by atoms with van der Waals surface area (Å²) in [5.41, 5.74) is 3.78. The van der Waals surface area contributed by atoms with Crippen LogP contribution in [0.5, 0.6) is 5.75 Å². The van der Waals surface area contributed by atoms with Crippen molar-refractivity contribution >= 4 is 23.2 Å². The molecular formula is C23H19ClF3N3O2. The van der Waals surface area contributed by atoms with Gasteiger partial charge in [0, 0.05) is 37.2 Å². The minimum absolute atomic E-state index is 0.0118. The van der Waals surface area contributed by atoms with E-state index in [1.54, 1.807) is 23.4 Å². The summed E-state index contributed by atoms with van der Waals surface area (Å²) in [6.45, 7) is 2.61. The molecule has 0 saturated heterocycles. The number of anilines is 1. The molecule has 0 bridgehead atoms. The van der Waals surface area contributed by atoms with Crippen molar-refractivity contribution in [1.82, 2.24) is 9.88 Å². The molecule has 0 radical (unpaired) electrons. The number of ether oxygens (including phenoxy) is 1. The van der Waals surface area contributed by atoms with Crippen LogP contribution < -0.4 is 10.1 Å². The highest BCUT2D eigenvalue weighted by Crippen LogP contribution is 2.34. The molecule has 1 N–H and O–H groups in total. The lowest BCUT2D eigenvalue weighted by atomic mass is 10.1. The van der Waals surface area contributed by atoms with Crippen molar-refractivity contribution in [3.05, 3.63) is 88.2 Å². The maximum atomic E-state index is 12.9. The summed E-state index contributed by atoms with van der Waals surface area (Å²) < 4.78 is 40.9. The van der Waals surface area contributed by atoms with E-state index in [0.29, 0.717) is 22.7 Å². The van der Waals surface area contributed by atoms with Crippen LogP contribution in [0.15, 0.2) is 60.9 Å². The molecule has 1 atom stereocenters. The average Bonchev–Trinajstić information content (AvgIpc) is 3.04. The largest absolute Gasteiger partial charge is 0.573 e. The lowest BCUT2D eigenvalue weighted by molar-refractivity contribution is -0.274. The topological polar surface area (TPSA) is 54.5 Å². The van der Waals surface area contributed by atoms with Gasteiger partial charge in [0.05, 0.1) is 10.6 Å². The second-order valence-electron chi connectivity index (χ2n) is 7.49. The Morgan fingerprint density at radius 2 is 1.84 bits per heavy atom. The van der Waals surface area contributed by atoms with Gasteiger partial charge in [0.25, 0.3) is 5.91 Å². The molecule has 2 aromatic carbocycles. The number of alkyl halides is 3. The van der Waals surface area contributed by atoms with Gasteiger partial charge in [-0.1, -0.05) is 23.7 Å². The summed E-state index contributed by atoms with van der Waals surface area (Å²) in [6.07, 6.45) is -1.30. The summed E-state index contributed by atoms with van der Waals surface area (Å²) in [4.78, 5) is 18.5. The van der Waals surface area contributed by atoms with Gasteiger partial charge in [0.1, 0.15) is 5.75 Å². The van der Waals surface area contributed by atoms with Crippen LogP contribution in [0.1, 0.15) is 40.0 Å². The van der Waals surface area contributed by atoms with Crippen molar-refractivity contribution in [3.8, 4) is 5.75 Å². The highest BCUT2D eigenvalue weighted by atomic mass is 35.5. The first-order valence-electron chi connectivity index (χ1n) is 9.82. The number of benzene rings is 2. The minimum atomic E-state index is -4.74. The van der Waals surface area contributed by atoms with Crippen LogP contribution in [0.25, 0.3) is 0 Å². The SMILES string of the molecule is CC(Nc1cc(Cl)c2c(c1)CN(Cc1ccc(OC(F)(F)F)cc1)C2=O)c1ccncc1. The summed E-state index contributed by atoms with van der Waals surface area (Å²) in [5.74, 6) is -0.520. The summed E-state index contributed by atoms with van der Waals surface area (Å²) >= 11 is 6.43. The minimum Gasteiger partial charge on any atom is -0.406 e. The highest BCUT2D eigenvalue weighted by Gasteiger charge is 2.32. The van der Waals surface area contributed by atoms with Crippen LogP contribution in [-0.4, -0.2) is 22.2 Å². The van der Waals surface area contributed by atoms with Crippen molar-refractivity contribution in [2.24, 2.45) is 0 Å². The van der Waals surface area contributed by atoms with Crippen LogP contribution >= 0.6 is 11.6 Å². The van der Waals surface area contributed by atoms with E-state index in [-0.39, 0.29) is 24.2 Å². The molecule has 0 aliphatic carbocycles. The fourth-order valence-electron chi connectivity index (χ4n) is 3.68. The maximum absolute atomic E-state index is 12.9. The van der Waals surface area contributed by atoms with Crippen LogP contribution in [0, 0.1) is 0 Å². The van der Waals surface area contributed by atoms with Gasteiger partial charge in [-0.25, -0.2) is 0 Å². The maximum Gasteiger partial charge on any atom is 0.573 e. The molecule has 4 rings (SSSR count). The van der Waals surface area contributed by atoms with E-state index in [4.69, 9.17) is 11.6 Å². The van der Waals surface area contributed by atoms with Crippen molar-refractivity contribution in [1.29, 1.82) is 0 Å². The predicted molar refractivity (Wildman–Crippen MR) is 114 cm³/mol. The lowest BCUT2D eigenvalue weighted by Gasteiger charge is -2.16. The molecule has 1 aliphatic rings. The number of halogens is 4. The Morgan fingerprint density at radius 1 is 1.16 bits per heavy atom. The van der Waals surface area contributed by atoms with Crippen molar-refractivity contribution in [3.63, 3.8) is 0 Å². The normalized spacial score (nSPS) is 14.3. The van der Waals surface area contributed by atoms with Gasteiger partial charge in [0.2, 0.25) is 0 Å². The molecule has 5 nitrogen and oxygen atoms in total. The van der Waals surface area contributed by atoms with Gasteiger partial charge in [-0.2, -0.15) is 0 Å². The van der Waals surface area contributed by atoms with Gasteiger partial charge in [-0.05, 0) is 60.0 Å². The molecule has 166 valence electrons. The molecule has 1 unspecified atom stereocenters. The van der Waals surface area contributed by atoms with Gasteiger partial charge in [-0.15, -0.1) is 13.2 Å². The van der Waals surface area contributed by atoms with E-state index >= 15 is 0 Å². The number of hydrogen-bond acceptors (Lipinski definition) is 4. The molecule has 3 aromatic rings. The smallest absolute Gasteiger partial charge is 0.406 e. The molecule has 1 aromatic heterocycles. The highest BCUT2D eigenvalue weighted by molar-refractivity contribution is 6.34. The van der Waals surface area contributed by atoms with Gasteiger partial charge in [0.15, 0.2) is 0 Å².